The average molecular weight is 255 g/mol. The molecule has 0 aromatic rings. The number of likely N-dealkylation sites (tertiary alicyclic amines) is 1. The molecule has 1 aliphatic heterocycles. The first-order chi connectivity index (χ1) is 8.74. The molecule has 4 nitrogen and oxygen atoms in total. The molecule has 1 aliphatic carbocycles. The van der Waals surface area contributed by atoms with Crippen molar-refractivity contribution >= 4 is 5.97 Å². The maximum Gasteiger partial charge on any atom is 0.310 e. The van der Waals surface area contributed by atoms with Gasteiger partial charge >= 0.3 is 5.97 Å². The summed E-state index contributed by atoms with van der Waals surface area (Å²) in [6, 6.07) is 0.624. The van der Waals surface area contributed by atoms with E-state index in [1.807, 2.05) is 13.8 Å². The lowest BCUT2D eigenvalue weighted by Crippen LogP contribution is -2.52. The molecule has 0 amide bonds. The van der Waals surface area contributed by atoms with Gasteiger partial charge in [-0.25, -0.2) is 0 Å². The molecule has 0 spiro atoms. The highest BCUT2D eigenvalue weighted by Gasteiger charge is 2.37. The van der Waals surface area contributed by atoms with Crippen LogP contribution in [0.25, 0.3) is 0 Å². The first kappa shape index (κ1) is 13.8. The number of hydrogen-bond acceptors (Lipinski definition) is 4. The molecule has 1 heterocycles. The van der Waals surface area contributed by atoms with Crippen LogP contribution in [-0.2, 0) is 14.3 Å². The van der Waals surface area contributed by atoms with Crippen LogP contribution in [0.4, 0.5) is 0 Å². The summed E-state index contributed by atoms with van der Waals surface area (Å²) in [6.45, 7) is 7.22. The van der Waals surface area contributed by atoms with Gasteiger partial charge in [0.2, 0.25) is 0 Å². The van der Waals surface area contributed by atoms with E-state index in [0.29, 0.717) is 18.8 Å². The number of carbonyl (C=O) groups excluding carboxylic acids is 1. The van der Waals surface area contributed by atoms with Crippen molar-refractivity contribution in [3.8, 4) is 0 Å². The van der Waals surface area contributed by atoms with E-state index in [1.54, 1.807) is 0 Å². The Morgan fingerprint density at radius 1 is 1.28 bits per heavy atom. The molecular formula is C14H25NO3. The number of hydrogen-bond donors (Lipinski definition) is 0. The van der Waals surface area contributed by atoms with Crippen LogP contribution in [0.1, 0.15) is 39.5 Å². The van der Waals surface area contributed by atoms with Gasteiger partial charge in [0.25, 0.3) is 0 Å². The summed E-state index contributed by atoms with van der Waals surface area (Å²) in [6.07, 6.45) is 4.80. The Balaban J connectivity index is 1.76. The molecule has 4 heteroatoms. The largest absolute Gasteiger partial charge is 0.466 e. The predicted molar refractivity (Wildman–Crippen MR) is 69.4 cm³/mol. The molecule has 0 N–H and O–H groups in total. The van der Waals surface area contributed by atoms with Gasteiger partial charge in [0.1, 0.15) is 0 Å². The van der Waals surface area contributed by atoms with E-state index in [4.69, 9.17) is 9.47 Å². The predicted octanol–water partition coefficient (Wildman–Crippen LogP) is 1.83. The van der Waals surface area contributed by atoms with Crippen LogP contribution in [0.3, 0.4) is 0 Å². The molecule has 2 aliphatic rings. The second-order valence-electron chi connectivity index (χ2n) is 5.29. The topological polar surface area (TPSA) is 38.8 Å². The van der Waals surface area contributed by atoms with Gasteiger partial charge in [-0.05, 0) is 46.1 Å². The van der Waals surface area contributed by atoms with Crippen LogP contribution in [-0.4, -0.2) is 49.3 Å². The second-order valence-corrected chi connectivity index (χ2v) is 5.29. The van der Waals surface area contributed by atoms with E-state index in [-0.39, 0.29) is 11.9 Å². The summed E-state index contributed by atoms with van der Waals surface area (Å²) < 4.78 is 10.7. The van der Waals surface area contributed by atoms with Crippen LogP contribution in [0.15, 0.2) is 0 Å². The molecule has 1 saturated carbocycles. The minimum Gasteiger partial charge on any atom is -0.466 e. The fourth-order valence-corrected chi connectivity index (χ4v) is 3.00. The number of nitrogens with zero attached hydrogens (tertiary/aromatic N) is 1. The second kappa shape index (κ2) is 6.53. The average Bonchev–Trinajstić information content (AvgIpc) is 2.34. The maximum atomic E-state index is 11.8. The summed E-state index contributed by atoms with van der Waals surface area (Å²) in [7, 11) is 0. The van der Waals surface area contributed by atoms with Gasteiger partial charge < -0.3 is 9.47 Å². The molecule has 104 valence electrons. The third-order valence-electron chi connectivity index (χ3n) is 4.06. The van der Waals surface area contributed by atoms with E-state index < -0.39 is 0 Å². The summed E-state index contributed by atoms with van der Waals surface area (Å²) >= 11 is 0. The molecular weight excluding hydrogens is 230 g/mol. The molecule has 0 aromatic heterocycles. The molecule has 0 aromatic carbocycles. The van der Waals surface area contributed by atoms with E-state index in [0.717, 1.165) is 45.4 Å². The van der Waals surface area contributed by atoms with Crippen molar-refractivity contribution in [3.05, 3.63) is 0 Å². The Bertz CT molecular complexity index is 276. The van der Waals surface area contributed by atoms with Crippen LogP contribution in [0.5, 0.6) is 0 Å². The Kier molecular flexibility index (Phi) is 5.01. The molecule has 1 atom stereocenters. The summed E-state index contributed by atoms with van der Waals surface area (Å²) in [5, 5.41) is 0. The Labute approximate surface area is 110 Å². The van der Waals surface area contributed by atoms with Crippen molar-refractivity contribution in [2.75, 3.05) is 26.3 Å². The quantitative estimate of drug-likeness (QED) is 0.703. The van der Waals surface area contributed by atoms with Crippen LogP contribution in [0.2, 0.25) is 0 Å². The summed E-state index contributed by atoms with van der Waals surface area (Å²) in [4.78, 5) is 14.2. The highest BCUT2D eigenvalue weighted by Crippen LogP contribution is 2.31. The third-order valence-corrected chi connectivity index (χ3v) is 4.06. The zero-order chi connectivity index (χ0) is 13.0. The molecule has 0 bridgehead atoms. The number of carbonyl (C=O) groups is 1. The first-order valence-electron chi connectivity index (χ1n) is 7.26. The van der Waals surface area contributed by atoms with Gasteiger partial charge in [0.05, 0.1) is 18.6 Å². The lowest BCUT2D eigenvalue weighted by atomic mass is 9.85. The van der Waals surface area contributed by atoms with Crippen LogP contribution in [0, 0.1) is 5.92 Å². The number of esters is 1. The van der Waals surface area contributed by atoms with Gasteiger partial charge in [0, 0.05) is 19.2 Å². The molecule has 0 radical (unpaired) electrons. The lowest BCUT2D eigenvalue weighted by molar-refractivity contribution is -0.151. The zero-order valence-corrected chi connectivity index (χ0v) is 11.6. The maximum absolute atomic E-state index is 11.8. The molecule has 0 unspecified atom stereocenters. The Hall–Kier alpha value is -0.610. The third kappa shape index (κ3) is 3.23. The molecule has 2 fully saturated rings. The van der Waals surface area contributed by atoms with Crippen molar-refractivity contribution < 1.29 is 14.3 Å². The zero-order valence-electron chi connectivity index (χ0n) is 11.6. The van der Waals surface area contributed by atoms with Crippen molar-refractivity contribution in [1.82, 2.24) is 4.90 Å². The first-order valence-corrected chi connectivity index (χ1v) is 7.26. The van der Waals surface area contributed by atoms with Gasteiger partial charge in [-0.1, -0.05) is 0 Å². The normalized spacial score (nSPS) is 32.9. The number of piperidine rings is 1. The molecule has 2 rings (SSSR count). The van der Waals surface area contributed by atoms with E-state index in [1.165, 1.54) is 0 Å². The lowest BCUT2D eigenvalue weighted by Gasteiger charge is -2.45. The molecule has 1 saturated heterocycles. The standard InChI is InChI=1S/C14H25NO3/c1-3-17-13-8-12(9-13)15-7-5-6-11(10-15)14(16)18-4-2/h11-13H,3-10H2,1-2H3/t11-,12?,13?/m1/s1. The number of ether oxygens (including phenoxy) is 2. The van der Waals surface area contributed by atoms with Crippen molar-refractivity contribution in [1.29, 1.82) is 0 Å². The highest BCUT2D eigenvalue weighted by atomic mass is 16.5. The van der Waals surface area contributed by atoms with E-state index in [2.05, 4.69) is 4.90 Å². The Morgan fingerprint density at radius 2 is 2.06 bits per heavy atom. The van der Waals surface area contributed by atoms with Crippen molar-refractivity contribution in [2.24, 2.45) is 5.92 Å². The SMILES string of the molecule is CCOC(=O)[C@@H]1CCCN(C2CC(OCC)C2)C1. The smallest absolute Gasteiger partial charge is 0.310 e. The van der Waals surface area contributed by atoms with Crippen molar-refractivity contribution in [2.45, 2.75) is 51.7 Å². The van der Waals surface area contributed by atoms with Crippen LogP contribution >= 0.6 is 0 Å². The van der Waals surface area contributed by atoms with Gasteiger partial charge in [-0.3, -0.25) is 9.69 Å². The fourth-order valence-electron chi connectivity index (χ4n) is 3.00. The minimum atomic E-state index is -0.0112. The summed E-state index contributed by atoms with van der Waals surface area (Å²) in [5.74, 6) is 0.0766. The fraction of sp³-hybridized carbons (Fsp3) is 0.929. The van der Waals surface area contributed by atoms with Gasteiger partial charge in [-0.2, -0.15) is 0 Å². The molecule has 18 heavy (non-hydrogen) atoms. The minimum absolute atomic E-state index is 0.0112. The highest BCUT2D eigenvalue weighted by molar-refractivity contribution is 5.72. The summed E-state index contributed by atoms with van der Waals surface area (Å²) in [5.41, 5.74) is 0. The van der Waals surface area contributed by atoms with Gasteiger partial charge in [0.15, 0.2) is 0 Å². The van der Waals surface area contributed by atoms with E-state index >= 15 is 0 Å². The van der Waals surface area contributed by atoms with Gasteiger partial charge in [-0.15, -0.1) is 0 Å². The van der Waals surface area contributed by atoms with E-state index in [9.17, 15) is 4.79 Å². The van der Waals surface area contributed by atoms with Crippen molar-refractivity contribution in [3.63, 3.8) is 0 Å². The van der Waals surface area contributed by atoms with Crippen LogP contribution < -0.4 is 0 Å². The number of rotatable bonds is 5. The Morgan fingerprint density at radius 3 is 2.72 bits per heavy atom. The monoisotopic (exact) mass is 255 g/mol.